The average molecular weight is 430 g/mol. The summed E-state index contributed by atoms with van der Waals surface area (Å²) in [6, 6.07) is 7.14. The lowest BCUT2D eigenvalue weighted by molar-refractivity contribution is -0.0258. The third-order valence-corrected chi connectivity index (χ3v) is 5.77. The molecule has 1 aromatic carbocycles. The normalized spacial score (nSPS) is 11.5. The van der Waals surface area contributed by atoms with Gasteiger partial charge in [-0.05, 0) is 30.3 Å². The van der Waals surface area contributed by atoms with E-state index in [1.807, 2.05) is 0 Å². The molecular formula is C17H20ClN3O6S. The van der Waals surface area contributed by atoms with Crippen LogP contribution in [0.4, 0.5) is 5.69 Å². The van der Waals surface area contributed by atoms with Crippen LogP contribution in [0.15, 0.2) is 41.4 Å². The Balaban J connectivity index is 2.28. The molecule has 0 spiro atoms. The Hall–Kier alpha value is -2.24. The number of benzene rings is 1. The van der Waals surface area contributed by atoms with Crippen molar-refractivity contribution in [2.24, 2.45) is 0 Å². The maximum absolute atomic E-state index is 12.6. The van der Waals surface area contributed by atoms with Crippen molar-refractivity contribution in [2.75, 3.05) is 39.8 Å². The molecule has 1 N–H and O–H groups in total. The summed E-state index contributed by atoms with van der Waals surface area (Å²) >= 11 is 6.01. The third kappa shape index (κ3) is 5.18. The molecule has 0 atom stereocenters. The fraction of sp³-hybridized carbons (Fsp3) is 0.294. The molecule has 11 heteroatoms. The summed E-state index contributed by atoms with van der Waals surface area (Å²) in [4.78, 5) is 21.2. The zero-order chi connectivity index (χ0) is 20.7. The van der Waals surface area contributed by atoms with Gasteiger partial charge in [-0.2, -0.15) is 0 Å². The molecule has 0 unspecified atom stereocenters. The van der Waals surface area contributed by atoms with Crippen molar-refractivity contribution in [3.63, 3.8) is 0 Å². The number of hydroxylamine groups is 1. The number of anilines is 1. The fourth-order valence-corrected chi connectivity index (χ4v) is 3.57. The number of hydrogen-bond acceptors (Lipinski definition) is 7. The van der Waals surface area contributed by atoms with Gasteiger partial charge in [-0.15, -0.1) is 0 Å². The highest BCUT2D eigenvalue weighted by Gasteiger charge is 2.25. The van der Waals surface area contributed by atoms with Crippen LogP contribution in [0.2, 0.25) is 5.02 Å². The molecule has 0 radical (unpaired) electrons. The molecule has 28 heavy (non-hydrogen) atoms. The van der Waals surface area contributed by atoms with Crippen molar-refractivity contribution in [1.29, 1.82) is 0 Å². The first-order chi connectivity index (χ1) is 13.3. The van der Waals surface area contributed by atoms with Crippen LogP contribution >= 0.6 is 11.6 Å². The third-order valence-electron chi connectivity index (χ3n) is 3.61. The van der Waals surface area contributed by atoms with Gasteiger partial charge in [-0.1, -0.05) is 16.1 Å². The Labute approximate surface area is 168 Å². The summed E-state index contributed by atoms with van der Waals surface area (Å²) in [5, 5.41) is 2.61. The van der Waals surface area contributed by atoms with E-state index in [2.05, 4.69) is 10.3 Å². The minimum Gasteiger partial charge on any atom is -0.474 e. The predicted molar refractivity (Wildman–Crippen MR) is 103 cm³/mol. The molecule has 1 aromatic heterocycles. The number of nitrogens with zero attached hydrogens (tertiary/aromatic N) is 2. The summed E-state index contributed by atoms with van der Waals surface area (Å²) in [5.74, 6) is -0.341. The Morgan fingerprint density at radius 2 is 2.00 bits per heavy atom. The van der Waals surface area contributed by atoms with Crippen molar-refractivity contribution in [1.82, 2.24) is 9.45 Å². The highest BCUT2D eigenvalue weighted by molar-refractivity contribution is 7.89. The standard InChI is InChI=1S/C17H20ClN3O6S/c1-21(26-3)28(23,24)15-11-12(6-7-13(15)18)16(22)20-14-5-4-8-19-17(14)27-10-9-25-2/h4-8,11H,9-10H2,1-3H3,(H,20,22). The molecule has 2 rings (SSSR count). The topological polar surface area (TPSA) is 107 Å². The van der Waals surface area contributed by atoms with E-state index in [9.17, 15) is 13.2 Å². The largest absolute Gasteiger partial charge is 0.474 e. The number of carbonyl (C=O) groups is 1. The van der Waals surface area contributed by atoms with Gasteiger partial charge in [0.05, 0.1) is 18.7 Å². The van der Waals surface area contributed by atoms with Gasteiger partial charge in [0.15, 0.2) is 0 Å². The van der Waals surface area contributed by atoms with Gasteiger partial charge in [0.25, 0.3) is 15.9 Å². The maximum Gasteiger partial charge on any atom is 0.266 e. The summed E-state index contributed by atoms with van der Waals surface area (Å²) in [6.07, 6.45) is 1.52. The Morgan fingerprint density at radius 3 is 2.68 bits per heavy atom. The van der Waals surface area contributed by atoms with Crippen LogP contribution in [0.3, 0.4) is 0 Å². The zero-order valence-electron chi connectivity index (χ0n) is 15.5. The first-order valence-electron chi connectivity index (χ1n) is 8.02. The van der Waals surface area contributed by atoms with Crippen LogP contribution < -0.4 is 10.1 Å². The van der Waals surface area contributed by atoms with Crippen LogP contribution in [0.5, 0.6) is 5.88 Å². The number of nitrogens with one attached hydrogen (secondary N) is 1. The first-order valence-corrected chi connectivity index (χ1v) is 9.83. The molecule has 0 aliphatic carbocycles. The molecule has 0 aliphatic rings. The average Bonchev–Trinajstić information content (AvgIpc) is 2.68. The molecule has 0 aliphatic heterocycles. The van der Waals surface area contributed by atoms with E-state index in [0.29, 0.717) is 16.8 Å². The van der Waals surface area contributed by atoms with Crippen LogP contribution in [0.25, 0.3) is 0 Å². The van der Waals surface area contributed by atoms with E-state index in [0.717, 1.165) is 0 Å². The van der Waals surface area contributed by atoms with E-state index in [1.54, 1.807) is 12.1 Å². The predicted octanol–water partition coefficient (Wildman–Crippen LogP) is 2.19. The lowest BCUT2D eigenvalue weighted by atomic mass is 10.2. The second kappa shape index (κ2) is 9.80. The van der Waals surface area contributed by atoms with Gasteiger partial charge < -0.3 is 14.8 Å². The highest BCUT2D eigenvalue weighted by Crippen LogP contribution is 2.27. The van der Waals surface area contributed by atoms with Crippen LogP contribution in [-0.2, 0) is 19.6 Å². The molecule has 2 aromatic rings. The zero-order valence-corrected chi connectivity index (χ0v) is 17.1. The number of halogens is 1. The van der Waals surface area contributed by atoms with E-state index in [4.69, 9.17) is 25.9 Å². The number of aromatic nitrogens is 1. The molecule has 0 saturated heterocycles. The number of sulfonamides is 1. The van der Waals surface area contributed by atoms with Crippen molar-refractivity contribution in [2.45, 2.75) is 4.90 Å². The number of rotatable bonds is 9. The van der Waals surface area contributed by atoms with Gasteiger partial charge in [-0.3, -0.25) is 9.63 Å². The number of ether oxygens (including phenoxy) is 2. The summed E-state index contributed by atoms with van der Waals surface area (Å²) in [7, 11) is -0.0603. The smallest absolute Gasteiger partial charge is 0.266 e. The first kappa shape index (κ1) is 22.1. The van der Waals surface area contributed by atoms with Gasteiger partial charge in [0, 0.05) is 25.9 Å². The molecule has 1 heterocycles. The van der Waals surface area contributed by atoms with E-state index < -0.39 is 15.9 Å². The lowest BCUT2D eigenvalue weighted by Gasteiger charge is -2.16. The van der Waals surface area contributed by atoms with Gasteiger partial charge in [0.1, 0.15) is 17.2 Å². The monoisotopic (exact) mass is 429 g/mol. The summed E-state index contributed by atoms with van der Waals surface area (Å²) in [5.41, 5.74) is 0.413. The fourth-order valence-electron chi connectivity index (χ4n) is 2.10. The van der Waals surface area contributed by atoms with Crippen LogP contribution in [-0.4, -0.2) is 58.3 Å². The van der Waals surface area contributed by atoms with Gasteiger partial charge >= 0.3 is 0 Å². The SMILES string of the molecule is COCCOc1ncccc1NC(=O)c1ccc(Cl)c(S(=O)(=O)N(C)OC)c1. The van der Waals surface area contributed by atoms with Gasteiger partial charge in [0.2, 0.25) is 5.88 Å². The molecule has 0 bridgehead atoms. The lowest BCUT2D eigenvalue weighted by Crippen LogP contribution is -2.26. The molecule has 1 amide bonds. The minimum absolute atomic E-state index is 0.0367. The van der Waals surface area contributed by atoms with Crippen molar-refractivity contribution in [3.05, 3.63) is 47.1 Å². The molecule has 0 saturated carbocycles. The van der Waals surface area contributed by atoms with Crippen molar-refractivity contribution in [3.8, 4) is 5.88 Å². The highest BCUT2D eigenvalue weighted by atomic mass is 35.5. The number of methoxy groups -OCH3 is 1. The Morgan fingerprint density at radius 1 is 1.25 bits per heavy atom. The Kier molecular flexibility index (Phi) is 7.72. The van der Waals surface area contributed by atoms with Crippen LogP contribution in [0.1, 0.15) is 10.4 Å². The number of amides is 1. The van der Waals surface area contributed by atoms with Gasteiger partial charge in [-0.25, -0.2) is 13.4 Å². The second-order valence-electron chi connectivity index (χ2n) is 5.39. The second-order valence-corrected chi connectivity index (χ2v) is 7.71. The van der Waals surface area contributed by atoms with E-state index in [1.165, 1.54) is 45.7 Å². The van der Waals surface area contributed by atoms with E-state index >= 15 is 0 Å². The summed E-state index contributed by atoms with van der Waals surface area (Å²) in [6.45, 7) is 0.610. The number of pyridine rings is 1. The molecular weight excluding hydrogens is 410 g/mol. The quantitative estimate of drug-likeness (QED) is 0.481. The molecule has 9 nitrogen and oxygen atoms in total. The van der Waals surface area contributed by atoms with Crippen LogP contribution in [0, 0.1) is 0 Å². The molecule has 0 fully saturated rings. The van der Waals surface area contributed by atoms with Crippen molar-refractivity contribution >= 4 is 33.2 Å². The Bertz CT molecular complexity index is 938. The summed E-state index contributed by atoms with van der Waals surface area (Å²) < 4.78 is 36.0. The number of hydrogen-bond donors (Lipinski definition) is 1. The van der Waals surface area contributed by atoms with Crippen molar-refractivity contribution < 1.29 is 27.5 Å². The maximum atomic E-state index is 12.6. The minimum atomic E-state index is -4.02. The van der Waals surface area contributed by atoms with E-state index in [-0.39, 0.29) is 28.0 Å². The number of carbonyl (C=O) groups excluding carboxylic acids is 1. The molecule has 152 valence electrons.